The SMILES string of the molecule is C[C@@H](C(=O)O)[C@H]1CC[C@@H](C[C@@H](O)C(F)(F)F)O1. The number of aliphatic hydroxyl groups excluding tert-OH is 1. The van der Waals surface area contributed by atoms with E-state index in [0.717, 1.165) is 0 Å². The Morgan fingerprint density at radius 2 is 2.06 bits per heavy atom. The van der Waals surface area contributed by atoms with Crippen LogP contribution >= 0.6 is 0 Å². The van der Waals surface area contributed by atoms with E-state index >= 15 is 0 Å². The second-order valence-corrected chi connectivity index (χ2v) is 4.29. The molecule has 4 atom stereocenters. The Labute approximate surface area is 96.4 Å². The van der Waals surface area contributed by atoms with Gasteiger partial charge in [0, 0.05) is 6.42 Å². The minimum Gasteiger partial charge on any atom is -0.481 e. The summed E-state index contributed by atoms with van der Waals surface area (Å²) in [5.41, 5.74) is 0. The summed E-state index contributed by atoms with van der Waals surface area (Å²) >= 11 is 0. The van der Waals surface area contributed by atoms with Gasteiger partial charge in [-0.3, -0.25) is 4.79 Å². The molecule has 1 saturated heterocycles. The van der Waals surface area contributed by atoms with E-state index in [0.29, 0.717) is 12.8 Å². The third kappa shape index (κ3) is 3.85. The lowest BCUT2D eigenvalue weighted by Crippen LogP contribution is -2.33. The second-order valence-electron chi connectivity index (χ2n) is 4.29. The van der Waals surface area contributed by atoms with Gasteiger partial charge in [-0.25, -0.2) is 0 Å². The molecule has 1 heterocycles. The van der Waals surface area contributed by atoms with Crippen LogP contribution in [0.1, 0.15) is 26.2 Å². The smallest absolute Gasteiger partial charge is 0.414 e. The number of carboxylic acids is 1. The number of hydrogen-bond donors (Lipinski definition) is 2. The van der Waals surface area contributed by atoms with Crippen LogP contribution in [-0.2, 0) is 9.53 Å². The fraction of sp³-hybridized carbons (Fsp3) is 0.900. The van der Waals surface area contributed by atoms with Gasteiger partial charge in [0.15, 0.2) is 6.10 Å². The molecule has 0 aromatic rings. The maximum Gasteiger partial charge on any atom is 0.414 e. The first-order chi connectivity index (χ1) is 7.71. The van der Waals surface area contributed by atoms with Gasteiger partial charge in [-0.05, 0) is 19.8 Å². The van der Waals surface area contributed by atoms with Gasteiger partial charge in [-0.2, -0.15) is 13.2 Å². The Morgan fingerprint density at radius 1 is 1.47 bits per heavy atom. The van der Waals surface area contributed by atoms with E-state index in [1.165, 1.54) is 6.92 Å². The van der Waals surface area contributed by atoms with Crippen LogP contribution in [0, 0.1) is 5.92 Å². The van der Waals surface area contributed by atoms with Crippen LogP contribution in [0.5, 0.6) is 0 Å². The number of ether oxygens (including phenoxy) is 1. The molecule has 0 aromatic heterocycles. The van der Waals surface area contributed by atoms with Gasteiger partial charge in [0.2, 0.25) is 0 Å². The maximum absolute atomic E-state index is 12.1. The zero-order chi connectivity index (χ0) is 13.2. The van der Waals surface area contributed by atoms with E-state index in [1.54, 1.807) is 0 Å². The van der Waals surface area contributed by atoms with Crippen molar-refractivity contribution in [3.8, 4) is 0 Å². The molecular weight excluding hydrogens is 241 g/mol. The lowest BCUT2D eigenvalue weighted by atomic mass is 10.0. The predicted molar refractivity (Wildman–Crippen MR) is 51.4 cm³/mol. The van der Waals surface area contributed by atoms with Gasteiger partial charge in [0.1, 0.15) is 0 Å². The van der Waals surface area contributed by atoms with Crippen molar-refractivity contribution >= 4 is 5.97 Å². The minimum absolute atomic E-state index is 0.343. The topological polar surface area (TPSA) is 66.8 Å². The maximum atomic E-state index is 12.1. The zero-order valence-electron chi connectivity index (χ0n) is 9.28. The Hall–Kier alpha value is -0.820. The zero-order valence-corrected chi connectivity index (χ0v) is 9.28. The van der Waals surface area contributed by atoms with Crippen molar-refractivity contribution in [1.82, 2.24) is 0 Å². The van der Waals surface area contributed by atoms with Gasteiger partial charge in [-0.1, -0.05) is 0 Å². The molecule has 0 unspecified atom stereocenters. The summed E-state index contributed by atoms with van der Waals surface area (Å²) in [6.45, 7) is 1.45. The molecule has 1 aliphatic heterocycles. The number of alkyl halides is 3. The Kier molecular flexibility index (Phi) is 4.37. The number of aliphatic carboxylic acids is 1. The molecule has 0 radical (unpaired) electrons. The summed E-state index contributed by atoms with van der Waals surface area (Å²) in [4.78, 5) is 10.7. The fourth-order valence-electron chi connectivity index (χ4n) is 1.82. The molecule has 1 fully saturated rings. The average molecular weight is 256 g/mol. The van der Waals surface area contributed by atoms with E-state index < -0.39 is 42.8 Å². The first-order valence-electron chi connectivity index (χ1n) is 5.35. The van der Waals surface area contributed by atoms with Crippen molar-refractivity contribution in [3.63, 3.8) is 0 Å². The highest BCUT2D eigenvalue weighted by Gasteiger charge is 2.42. The molecule has 1 aliphatic rings. The monoisotopic (exact) mass is 256 g/mol. The summed E-state index contributed by atoms with van der Waals surface area (Å²) in [5.74, 6) is -1.78. The highest BCUT2D eigenvalue weighted by Crippen LogP contribution is 2.31. The van der Waals surface area contributed by atoms with E-state index in [-0.39, 0.29) is 0 Å². The Morgan fingerprint density at radius 3 is 2.53 bits per heavy atom. The van der Waals surface area contributed by atoms with Gasteiger partial charge in [0.05, 0.1) is 18.1 Å². The standard InChI is InChI=1S/C10H15F3O4/c1-5(9(15)16)7-3-2-6(17-7)4-8(14)10(11,12)13/h5-8,14H,2-4H2,1H3,(H,15,16)/t5-,6+,7-,8-/m1/s1. The summed E-state index contributed by atoms with van der Waals surface area (Å²) in [6, 6.07) is 0. The highest BCUT2D eigenvalue weighted by molar-refractivity contribution is 5.70. The molecule has 100 valence electrons. The number of hydrogen-bond acceptors (Lipinski definition) is 3. The van der Waals surface area contributed by atoms with E-state index in [2.05, 4.69) is 0 Å². The van der Waals surface area contributed by atoms with Crippen molar-refractivity contribution in [2.24, 2.45) is 5.92 Å². The van der Waals surface area contributed by atoms with Gasteiger partial charge in [0.25, 0.3) is 0 Å². The normalized spacial score (nSPS) is 29.0. The van der Waals surface area contributed by atoms with Crippen molar-refractivity contribution in [1.29, 1.82) is 0 Å². The molecule has 0 aromatic carbocycles. The fourth-order valence-corrected chi connectivity index (χ4v) is 1.82. The van der Waals surface area contributed by atoms with Crippen LogP contribution < -0.4 is 0 Å². The number of carbonyl (C=O) groups is 1. The van der Waals surface area contributed by atoms with Gasteiger partial charge >= 0.3 is 12.1 Å². The molecule has 4 nitrogen and oxygen atoms in total. The molecular formula is C10H15F3O4. The van der Waals surface area contributed by atoms with Crippen LogP contribution in [0.2, 0.25) is 0 Å². The van der Waals surface area contributed by atoms with Crippen LogP contribution in [0.4, 0.5) is 13.2 Å². The minimum atomic E-state index is -4.65. The molecule has 7 heteroatoms. The lowest BCUT2D eigenvalue weighted by molar-refractivity contribution is -0.212. The Balaban J connectivity index is 2.43. The quantitative estimate of drug-likeness (QED) is 0.801. The molecule has 0 aliphatic carbocycles. The largest absolute Gasteiger partial charge is 0.481 e. The number of rotatable bonds is 4. The van der Waals surface area contributed by atoms with Gasteiger partial charge < -0.3 is 14.9 Å². The molecule has 17 heavy (non-hydrogen) atoms. The first-order valence-corrected chi connectivity index (χ1v) is 5.35. The molecule has 0 amide bonds. The molecule has 0 spiro atoms. The molecule has 2 N–H and O–H groups in total. The number of carboxylic acid groups (broad SMARTS) is 1. The van der Waals surface area contributed by atoms with Crippen molar-refractivity contribution in [3.05, 3.63) is 0 Å². The van der Waals surface area contributed by atoms with Crippen molar-refractivity contribution < 1.29 is 32.9 Å². The lowest BCUT2D eigenvalue weighted by Gasteiger charge is -2.20. The van der Waals surface area contributed by atoms with Crippen molar-refractivity contribution in [2.45, 2.75) is 50.7 Å². The van der Waals surface area contributed by atoms with Crippen LogP contribution in [0.3, 0.4) is 0 Å². The third-order valence-electron chi connectivity index (χ3n) is 2.95. The summed E-state index contributed by atoms with van der Waals surface area (Å²) in [6.07, 6.45) is -8.15. The highest BCUT2D eigenvalue weighted by atomic mass is 19.4. The van der Waals surface area contributed by atoms with Gasteiger partial charge in [-0.15, -0.1) is 0 Å². The Bertz CT molecular complexity index is 279. The average Bonchev–Trinajstić information content (AvgIpc) is 2.63. The van der Waals surface area contributed by atoms with Crippen LogP contribution in [0.15, 0.2) is 0 Å². The number of aliphatic hydroxyl groups is 1. The molecule has 0 saturated carbocycles. The van der Waals surface area contributed by atoms with Crippen molar-refractivity contribution in [2.75, 3.05) is 0 Å². The van der Waals surface area contributed by atoms with E-state index in [1.807, 2.05) is 0 Å². The first kappa shape index (κ1) is 14.2. The third-order valence-corrected chi connectivity index (χ3v) is 2.95. The predicted octanol–water partition coefficient (Wildman–Crippen LogP) is 1.57. The van der Waals surface area contributed by atoms with Crippen LogP contribution in [-0.4, -0.2) is 40.7 Å². The summed E-state index contributed by atoms with van der Waals surface area (Å²) in [5, 5.41) is 17.6. The molecule has 1 rings (SSSR count). The summed E-state index contributed by atoms with van der Waals surface area (Å²) < 4.78 is 41.5. The molecule has 0 bridgehead atoms. The number of halogens is 3. The van der Waals surface area contributed by atoms with E-state index in [4.69, 9.17) is 14.9 Å². The second kappa shape index (κ2) is 5.22. The van der Waals surface area contributed by atoms with E-state index in [9.17, 15) is 18.0 Å². The summed E-state index contributed by atoms with van der Waals surface area (Å²) in [7, 11) is 0. The van der Waals surface area contributed by atoms with Crippen LogP contribution in [0.25, 0.3) is 0 Å².